The summed E-state index contributed by atoms with van der Waals surface area (Å²) < 4.78 is 5.87. The normalized spacial score (nSPS) is 14.3. The Hall–Kier alpha value is -3.61. The number of aromatic hydroxyl groups is 2. The van der Waals surface area contributed by atoms with E-state index in [-0.39, 0.29) is 12.5 Å². The van der Waals surface area contributed by atoms with Gasteiger partial charge in [-0.05, 0) is 34.4 Å². The van der Waals surface area contributed by atoms with Crippen LogP contribution in [-0.2, 0) is 4.74 Å². The van der Waals surface area contributed by atoms with Gasteiger partial charge in [-0.15, -0.1) is 4.73 Å². The van der Waals surface area contributed by atoms with E-state index in [2.05, 4.69) is 5.32 Å². The van der Waals surface area contributed by atoms with Gasteiger partial charge in [-0.25, -0.2) is 4.79 Å². The van der Waals surface area contributed by atoms with E-state index in [4.69, 9.17) is 9.57 Å². The van der Waals surface area contributed by atoms with Crippen molar-refractivity contribution in [3.05, 3.63) is 65.7 Å². The van der Waals surface area contributed by atoms with E-state index in [0.29, 0.717) is 4.73 Å². The van der Waals surface area contributed by atoms with Crippen molar-refractivity contribution in [1.29, 1.82) is 0 Å². The third kappa shape index (κ3) is 2.93. The van der Waals surface area contributed by atoms with Crippen LogP contribution in [0.2, 0.25) is 0 Å². The molecule has 2 aromatic carbocycles. The molecular formula is C20H18N2O5. The molecule has 1 aliphatic carbocycles. The van der Waals surface area contributed by atoms with Crippen molar-refractivity contribution >= 4 is 11.8 Å². The maximum atomic E-state index is 12.0. The monoisotopic (exact) mass is 366 g/mol. The Balaban J connectivity index is 1.56. The molecule has 138 valence electrons. The largest absolute Gasteiger partial charge is 0.534 e. The summed E-state index contributed by atoms with van der Waals surface area (Å²) in [5, 5.41) is 22.2. The van der Waals surface area contributed by atoms with E-state index in [1.807, 2.05) is 49.5 Å². The fraction of sp³-hybridized carbons (Fsp3) is 0.150. The molecule has 0 aliphatic heterocycles. The van der Waals surface area contributed by atoms with Crippen molar-refractivity contribution in [2.75, 3.05) is 19.0 Å². The highest BCUT2D eigenvalue weighted by Crippen LogP contribution is 2.45. The summed E-state index contributed by atoms with van der Waals surface area (Å²) in [6.45, 7) is 0.0683. The zero-order valence-corrected chi connectivity index (χ0v) is 14.5. The Morgan fingerprint density at radius 1 is 1.04 bits per heavy atom. The minimum absolute atomic E-state index is 0.0683. The summed E-state index contributed by atoms with van der Waals surface area (Å²) in [5.41, 5.74) is 5.31. The number of benzene rings is 2. The van der Waals surface area contributed by atoms with E-state index in [9.17, 15) is 15.0 Å². The number of nitrogens with one attached hydrogen (secondary N) is 1. The van der Waals surface area contributed by atoms with E-state index < -0.39 is 17.9 Å². The van der Waals surface area contributed by atoms with Gasteiger partial charge in [0.25, 0.3) is 0 Å². The minimum atomic E-state index is -1.02. The van der Waals surface area contributed by atoms with Crippen LogP contribution in [0.15, 0.2) is 54.6 Å². The van der Waals surface area contributed by atoms with Gasteiger partial charge in [-0.1, -0.05) is 30.3 Å². The molecule has 3 aromatic rings. The molecular weight excluding hydrogens is 348 g/mol. The highest BCUT2D eigenvalue weighted by atomic mass is 16.8. The number of hydrogen-bond acceptors (Lipinski definition) is 6. The highest BCUT2D eigenvalue weighted by molar-refractivity contribution is 5.80. The van der Waals surface area contributed by atoms with E-state index in [1.54, 1.807) is 0 Å². The van der Waals surface area contributed by atoms with Crippen LogP contribution in [0, 0.1) is 0 Å². The standard InChI is InChI=1S/C20H18N2O5/c1-21-12-6-7-15-13-4-2-3-5-14(13)17(16(15)10-12)11-26-20(25)27-22-18(23)8-9-19(22)24/h2-10,17,21,23-24H,11H2,1H3. The molecule has 0 radical (unpaired) electrons. The minimum Gasteiger partial charge on any atom is -0.492 e. The van der Waals surface area contributed by atoms with Crippen molar-refractivity contribution in [2.45, 2.75) is 5.92 Å². The molecule has 0 spiro atoms. The molecule has 1 aromatic heterocycles. The van der Waals surface area contributed by atoms with Crippen molar-refractivity contribution in [1.82, 2.24) is 4.73 Å². The lowest BCUT2D eigenvalue weighted by Crippen LogP contribution is -2.22. The van der Waals surface area contributed by atoms with Gasteiger partial charge in [0.2, 0.25) is 11.8 Å². The number of rotatable bonds is 4. The van der Waals surface area contributed by atoms with Crippen molar-refractivity contribution in [2.24, 2.45) is 0 Å². The SMILES string of the molecule is CNc1ccc2c(c1)C(COC(=O)On1c(O)ccc1O)c1ccccc1-2. The maximum Gasteiger partial charge on any atom is 0.534 e. The van der Waals surface area contributed by atoms with E-state index in [0.717, 1.165) is 27.9 Å². The van der Waals surface area contributed by atoms with Crippen LogP contribution in [0.25, 0.3) is 11.1 Å². The summed E-state index contributed by atoms with van der Waals surface area (Å²) >= 11 is 0. The van der Waals surface area contributed by atoms with Crippen LogP contribution in [-0.4, -0.2) is 34.8 Å². The first kappa shape index (κ1) is 16.8. The summed E-state index contributed by atoms with van der Waals surface area (Å²) in [6, 6.07) is 16.5. The van der Waals surface area contributed by atoms with Gasteiger partial charge in [-0.3, -0.25) is 4.84 Å². The summed E-state index contributed by atoms with van der Waals surface area (Å²) in [5.74, 6) is -0.941. The van der Waals surface area contributed by atoms with Crippen molar-refractivity contribution in [3.8, 4) is 22.9 Å². The Morgan fingerprint density at radius 2 is 1.74 bits per heavy atom. The van der Waals surface area contributed by atoms with E-state index >= 15 is 0 Å². The zero-order chi connectivity index (χ0) is 19.0. The van der Waals surface area contributed by atoms with Crippen LogP contribution in [0.5, 0.6) is 11.8 Å². The first-order valence-electron chi connectivity index (χ1n) is 8.44. The molecule has 0 saturated carbocycles. The summed E-state index contributed by atoms with van der Waals surface area (Å²) in [7, 11) is 1.85. The molecule has 0 fully saturated rings. The molecule has 27 heavy (non-hydrogen) atoms. The van der Waals surface area contributed by atoms with Crippen LogP contribution in [0.4, 0.5) is 10.5 Å². The first-order chi connectivity index (χ1) is 13.1. The van der Waals surface area contributed by atoms with Gasteiger partial charge < -0.3 is 20.3 Å². The van der Waals surface area contributed by atoms with Gasteiger partial charge >= 0.3 is 6.16 Å². The molecule has 1 unspecified atom stereocenters. The number of carbonyl (C=O) groups is 1. The quantitative estimate of drug-likeness (QED) is 0.614. The second kappa shape index (κ2) is 6.60. The Morgan fingerprint density at radius 3 is 2.48 bits per heavy atom. The van der Waals surface area contributed by atoms with E-state index in [1.165, 1.54) is 12.1 Å². The fourth-order valence-electron chi connectivity index (χ4n) is 3.39. The molecule has 1 heterocycles. The third-order valence-corrected chi connectivity index (χ3v) is 4.67. The molecule has 0 saturated heterocycles. The number of carbonyl (C=O) groups excluding carboxylic acids is 1. The molecule has 0 bridgehead atoms. The molecule has 0 amide bonds. The lowest BCUT2D eigenvalue weighted by Gasteiger charge is -2.15. The van der Waals surface area contributed by atoms with Crippen LogP contribution < -0.4 is 10.2 Å². The fourth-order valence-corrected chi connectivity index (χ4v) is 3.39. The van der Waals surface area contributed by atoms with Crippen molar-refractivity contribution < 1.29 is 24.6 Å². The first-order valence-corrected chi connectivity index (χ1v) is 8.44. The number of ether oxygens (including phenoxy) is 1. The number of fused-ring (bicyclic) bond motifs is 3. The number of hydrogen-bond donors (Lipinski definition) is 3. The molecule has 4 rings (SSSR count). The zero-order valence-electron chi connectivity index (χ0n) is 14.5. The number of anilines is 1. The maximum absolute atomic E-state index is 12.0. The Bertz CT molecular complexity index is 992. The average Bonchev–Trinajstić information content (AvgIpc) is 3.17. The van der Waals surface area contributed by atoms with Crippen LogP contribution in [0.1, 0.15) is 17.0 Å². The van der Waals surface area contributed by atoms with Crippen LogP contribution >= 0.6 is 0 Å². The highest BCUT2D eigenvalue weighted by Gasteiger charge is 2.30. The number of nitrogens with zero attached hydrogens (tertiary/aromatic N) is 1. The van der Waals surface area contributed by atoms with Gasteiger partial charge in [0.05, 0.1) is 0 Å². The van der Waals surface area contributed by atoms with Crippen LogP contribution in [0.3, 0.4) is 0 Å². The molecule has 7 nitrogen and oxygen atoms in total. The van der Waals surface area contributed by atoms with Gasteiger partial charge in [-0.2, -0.15) is 0 Å². The second-order valence-corrected chi connectivity index (χ2v) is 6.19. The topological polar surface area (TPSA) is 93.0 Å². The summed E-state index contributed by atoms with van der Waals surface area (Å²) in [4.78, 5) is 16.9. The summed E-state index contributed by atoms with van der Waals surface area (Å²) in [6.07, 6.45) is -1.02. The molecule has 1 aliphatic rings. The Labute approximate surface area is 155 Å². The Kier molecular flexibility index (Phi) is 4.12. The smallest absolute Gasteiger partial charge is 0.492 e. The lowest BCUT2D eigenvalue weighted by molar-refractivity contribution is 0.0341. The third-order valence-electron chi connectivity index (χ3n) is 4.67. The molecule has 1 atom stereocenters. The van der Waals surface area contributed by atoms with Gasteiger partial charge in [0.1, 0.15) is 6.61 Å². The molecule has 3 N–H and O–H groups in total. The predicted octanol–water partition coefficient (Wildman–Crippen LogP) is 3.32. The predicted molar refractivity (Wildman–Crippen MR) is 99.0 cm³/mol. The average molecular weight is 366 g/mol. The van der Waals surface area contributed by atoms with Crippen molar-refractivity contribution in [3.63, 3.8) is 0 Å². The molecule has 7 heteroatoms. The van der Waals surface area contributed by atoms with Gasteiger partial charge in [0, 0.05) is 30.8 Å². The lowest BCUT2D eigenvalue weighted by atomic mass is 9.97. The number of aromatic nitrogens is 1. The van der Waals surface area contributed by atoms with Gasteiger partial charge in [0.15, 0.2) is 0 Å². The second-order valence-electron chi connectivity index (χ2n) is 6.19.